The minimum atomic E-state index is -4.40. The molecule has 4 rings (SSSR count). The lowest BCUT2D eigenvalue weighted by atomic mass is 9.97. The molecule has 1 aliphatic carbocycles. The first-order valence-electron chi connectivity index (χ1n) is 9.34. The number of fused-ring (bicyclic) bond motifs is 1. The SMILES string of the molecule is O=C(NC[C@@H]1CCCN1c1ccccc1)N1C[C@@]2(CO)C[C@@]2(C(F)(F)F)C1. The van der Waals surface area contributed by atoms with E-state index in [-0.39, 0.29) is 25.6 Å². The Morgan fingerprint density at radius 3 is 2.63 bits per heavy atom. The molecule has 3 atom stereocenters. The molecule has 0 aromatic heterocycles. The molecule has 8 heteroatoms. The number of carbonyl (C=O) groups excluding carboxylic acids is 1. The predicted octanol–water partition coefficient (Wildman–Crippen LogP) is 2.61. The standard InChI is InChI=1S/C19H24F3N3O2/c20-19(21,22)18-10-17(18,13-26)11-24(12-18)16(27)23-9-15-7-4-8-25(15)14-5-2-1-3-6-14/h1-3,5-6,15,26H,4,7-13H2,(H,23,27)/t15-,17+,18+/m0/s1. The van der Waals surface area contributed by atoms with E-state index in [1.54, 1.807) is 0 Å². The van der Waals surface area contributed by atoms with E-state index in [2.05, 4.69) is 10.2 Å². The van der Waals surface area contributed by atoms with Crippen LogP contribution in [-0.4, -0.2) is 61.0 Å². The quantitative estimate of drug-likeness (QED) is 0.841. The first-order valence-corrected chi connectivity index (χ1v) is 9.34. The Morgan fingerprint density at radius 1 is 1.26 bits per heavy atom. The lowest BCUT2D eigenvalue weighted by Crippen LogP contribution is -2.47. The van der Waals surface area contributed by atoms with Crippen molar-refractivity contribution in [3.63, 3.8) is 0 Å². The molecule has 2 N–H and O–H groups in total. The number of hydrogen-bond acceptors (Lipinski definition) is 3. The zero-order chi connectivity index (χ0) is 19.3. The number of anilines is 1. The summed E-state index contributed by atoms with van der Waals surface area (Å²) >= 11 is 0. The Balaban J connectivity index is 1.37. The molecule has 2 amide bonds. The Hall–Kier alpha value is -1.96. The molecule has 3 fully saturated rings. The van der Waals surface area contributed by atoms with E-state index in [1.807, 2.05) is 30.3 Å². The third-order valence-corrected chi connectivity index (χ3v) is 6.57. The maximum atomic E-state index is 13.4. The van der Waals surface area contributed by atoms with Crippen molar-refractivity contribution >= 4 is 11.7 Å². The fourth-order valence-corrected chi connectivity index (χ4v) is 4.93. The van der Waals surface area contributed by atoms with E-state index in [0.29, 0.717) is 6.54 Å². The smallest absolute Gasteiger partial charge is 0.396 e. The van der Waals surface area contributed by atoms with Crippen molar-refractivity contribution < 1.29 is 23.1 Å². The summed E-state index contributed by atoms with van der Waals surface area (Å²) in [7, 11) is 0. The summed E-state index contributed by atoms with van der Waals surface area (Å²) in [5, 5.41) is 12.3. The molecule has 0 unspecified atom stereocenters. The highest BCUT2D eigenvalue weighted by Gasteiger charge is 2.83. The number of amides is 2. The Morgan fingerprint density at radius 2 is 2.00 bits per heavy atom. The minimum Gasteiger partial charge on any atom is -0.396 e. The van der Waals surface area contributed by atoms with Gasteiger partial charge in [0, 0.05) is 43.3 Å². The van der Waals surface area contributed by atoms with Crippen LogP contribution in [-0.2, 0) is 0 Å². The lowest BCUT2D eigenvalue weighted by Gasteiger charge is -2.28. The number of likely N-dealkylation sites (tertiary alicyclic amines) is 1. The van der Waals surface area contributed by atoms with Gasteiger partial charge in [0.2, 0.25) is 0 Å². The summed E-state index contributed by atoms with van der Waals surface area (Å²) < 4.78 is 40.3. The number of aliphatic hydroxyl groups is 1. The fraction of sp³-hybridized carbons (Fsp3) is 0.632. The summed E-state index contributed by atoms with van der Waals surface area (Å²) in [5.74, 6) is 0. The summed E-state index contributed by atoms with van der Waals surface area (Å²) in [6.07, 6.45) is -2.54. The van der Waals surface area contributed by atoms with Gasteiger partial charge in [-0.1, -0.05) is 18.2 Å². The van der Waals surface area contributed by atoms with Crippen LogP contribution in [0.1, 0.15) is 19.3 Å². The van der Waals surface area contributed by atoms with E-state index in [4.69, 9.17) is 0 Å². The van der Waals surface area contributed by atoms with Gasteiger partial charge in [0.25, 0.3) is 0 Å². The monoisotopic (exact) mass is 383 g/mol. The van der Waals surface area contributed by atoms with Crippen LogP contribution in [0.3, 0.4) is 0 Å². The lowest BCUT2D eigenvalue weighted by molar-refractivity contribution is -0.193. The summed E-state index contributed by atoms with van der Waals surface area (Å²) in [6.45, 7) is 0.354. The molecule has 3 aliphatic rings. The van der Waals surface area contributed by atoms with Gasteiger partial charge in [-0.25, -0.2) is 4.79 Å². The number of para-hydroxylation sites is 1. The van der Waals surface area contributed by atoms with Gasteiger partial charge in [-0.2, -0.15) is 13.2 Å². The van der Waals surface area contributed by atoms with Crippen LogP contribution in [0.25, 0.3) is 0 Å². The minimum absolute atomic E-state index is 0.0398. The largest absolute Gasteiger partial charge is 0.396 e. The first kappa shape index (κ1) is 18.4. The second-order valence-corrected chi connectivity index (χ2v) is 8.06. The fourth-order valence-electron chi connectivity index (χ4n) is 4.93. The van der Waals surface area contributed by atoms with Gasteiger partial charge in [-0.15, -0.1) is 0 Å². The molecule has 0 bridgehead atoms. The molecular formula is C19H24F3N3O2. The average molecular weight is 383 g/mol. The van der Waals surface area contributed by atoms with Crippen molar-refractivity contribution in [2.45, 2.75) is 31.5 Å². The highest BCUT2D eigenvalue weighted by Crippen LogP contribution is 2.74. The van der Waals surface area contributed by atoms with Crippen LogP contribution < -0.4 is 10.2 Å². The van der Waals surface area contributed by atoms with Crippen LogP contribution in [0.2, 0.25) is 0 Å². The molecule has 148 valence electrons. The van der Waals surface area contributed by atoms with Crippen LogP contribution in [0.4, 0.5) is 23.7 Å². The number of nitrogens with zero attached hydrogens (tertiary/aromatic N) is 2. The van der Waals surface area contributed by atoms with Crippen molar-refractivity contribution in [3.8, 4) is 0 Å². The molecule has 0 spiro atoms. The number of rotatable bonds is 4. The maximum absolute atomic E-state index is 13.4. The van der Waals surface area contributed by atoms with Crippen molar-refractivity contribution in [1.29, 1.82) is 0 Å². The zero-order valence-electron chi connectivity index (χ0n) is 15.0. The Kier molecular flexibility index (Phi) is 4.29. The molecule has 27 heavy (non-hydrogen) atoms. The van der Waals surface area contributed by atoms with Gasteiger partial charge < -0.3 is 20.2 Å². The molecule has 2 aliphatic heterocycles. The highest BCUT2D eigenvalue weighted by molar-refractivity contribution is 5.75. The summed E-state index contributed by atoms with van der Waals surface area (Å²) in [4.78, 5) is 15.9. The van der Waals surface area contributed by atoms with E-state index in [0.717, 1.165) is 25.1 Å². The highest BCUT2D eigenvalue weighted by atomic mass is 19.4. The third kappa shape index (κ3) is 2.85. The van der Waals surface area contributed by atoms with Gasteiger partial charge in [0.05, 0.1) is 12.0 Å². The molecule has 5 nitrogen and oxygen atoms in total. The molecule has 2 saturated heterocycles. The molecule has 1 aromatic rings. The van der Waals surface area contributed by atoms with E-state index >= 15 is 0 Å². The van der Waals surface area contributed by atoms with E-state index < -0.39 is 29.6 Å². The number of piperidine rings is 1. The second kappa shape index (κ2) is 6.29. The Labute approximate surface area is 156 Å². The summed E-state index contributed by atoms with van der Waals surface area (Å²) in [6, 6.07) is 9.58. The topological polar surface area (TPSA) is 55.8 Å². The number of carbonyl (C=O) groups is 1. The third-order valence-electron chi connectivity index (χ3n) is 6.57. The number of urea groups is 1. The number of alkyl halides is 3. The molecule has 1 aromatic carbocycles. The van der Waals surface area contributed by atoms with E-state index in [9.17, 15) is 23.1 Å². The zero-order valence-corrected chi connectivity index (χ0v) is 15.0. The van der Waals surface area contributed by atoms with Gasteiger partial charge in [0.15, 0.2) is 0 Å². The number of hydrogen-bond donors (Lipinski definition) is 2. The predicted molar refractivity (Wildman–Crippen MR) is 94.4 cm³/mol. The number of benzene rings is 1. The van der Waals surface area contributed by atoms with E-state index in [1.165, 1.54) is 4.90 Å². The van der Waals surface area contributed by atoms with Crippen LogP contribution in [0.5, 0.6) is 0 Å². The van der Waals surface area contributed by atoms with Crippen LogP contribution in [0, 0.1) is 10.8 Å². The van der Waals surface area contributed by atoms with Gasteiger partial charge in [0.1, 0.15) is 0 Å². The summed E-state index contributed by atoms with van der Waals surface area (Å²) in [5.41, 5.74) is -2.06. The average Bonchev–Trinajstić information content (AvgIpc) is 2.97. The number of halogens is 3. The second-order valence-electron chi connectivity index (χ2n) is 8.06. The molecule has 2 heterocycles. The van der Waals surface area contributed by atoms with Gasteiger partial charge >= 0.3 is 12.2 Å². The maximum Gasteiger partial charge on any atom is 0.396 e. The van der Waals surface area contributed by atoms with Crippen LogP contribution in [0.15, 0.2) is 30.3 Å². The number of nitrogens with one attached hydrogen (secondary N) is 1. The molecular weight excluding hydrogens is 359 g/mol. The first-order chi connectivity index (χ1) is 12.8. The normalized spacial score (nSPS) is 32.5. The van der Waals surface area contributed by atoms with Crippen molar-refractivity contribution in [3.05, 3.63) is 30.3 Å². The van der Waals surface area contributed by atoms with Gasteiger partial charge in [-0.3, -0.25) is 0 Å². The van der Waals surface area contributed by atoms with Crippen LogP contribution >= 0.6 is 0 Å². The number of aliphatic hydroxyl groups excluding tert-OH is 1. The molecule has 0 radical (unpaired) electrons. The van der Waals surface area contributed by atoms with Crippen molar-refractivity contribution in [2.75, 3.05) is 37.7 Å². The Bertz CT molecular complexity index is 714. The van der Waals surface area contributed by atoms with Gasteiger partial charge in [-0.05, 0) is 31.4 Å². The van der Waals surface area contributed by atoms with Crippen molar-refractivity contribution in [1.82, 2.24) is 10.2 Å². The molecule has 1 saturated carbocycles. The van der Waals surface area contributed by atoms with Crippen molar-refractivity contribution in [2.24, 2.45) is 10.8 Å².